The van der Waals surface area contributed by atoms with E-state index < -0.39 is 0 Å². The van der Waals surface area contributed by atoms with Crippen molar-refractivity contribution in [2.75, 3.05) is 10.6 Å². The van der Waals surface area contributed by atoms with Gasteiger partial charge in [-0.1, -0.05) is 45.9 Å². The average Bonchev–Trinajstić information content (AvgIpc) is 2.78. The lowest BCUT2D eigenvalue weighted by Crippen LogP contribution is -2.15. The summed E-state index contributed by atoms with van der Waals surface area (Å²) < 4.78 is 0. The highest BCUT2D eigenvalue weighted by atomic mass is 16.2. The molecule has 6 heteroatoms. The minimum Gasteiger partial charge on any atom is -0.322 e. The molecule has 0 radical (unpaired) electrons. The van der Waals surface area contributed by atoms with E-state index in [2.05, 4.69) is 54.3 Å². The SMILES string of the molecule is CC(C)c1ccc2cc1N=C=Nc1cc(ccc1C(C)C)NC(=O)c1cccc(c1)C(=O)N2. The van der Waals surface area contributed by atoms with Crippen LogP contribution in [0.25, 0.3) is 0 Å². The first kappa shape index (κ1) is 22.2. The van der Waals surface area contributed by atoms with E-state index in [-0.39, 0.29) is 23.7 Å². The molecule has 6 nitrogen and oxygen atoms in total. The van der Waals surface area contributed by atoms with Crippen molar-refractivity contribution in [2.24, 2.45) is 9.98 Å². The number of aliphatic imine (C=N–C) groups is 2. The number of fused-ring (bicyclic) bond motifs is 6. The van der Waals surface area contributed by atoms with E-state index in [0.29, 0.717) is 33.9 Å². The fraction of sp³-hybridized carbons (Fsp3) is 0.222. The molecule has 6 bridgehead atoms. The highest BCUT2D eigenvalue weighted by Crippen LogP contribution is 2.32. The molecule has 3 aromatic rings. The average molecular weight is 439 g/mol. The van der Waals surface area contributed by atoms with Gasteiger partial charge in [-0.15, -0.1) is 0 Å². The van der Waals surface area contributed by atoms with Gasteiger partial charge in [-0.25, -0.2) is 0 Å². The maximum absolute atomic E-state index is 12.8. The predicted molar refractivity (Wildman–Crippen MR) is 133 cm³/mol. The van der Waals surface area contributed by atoms with Crippen molar-refractivity contribution in [1.29, 1.82) is 0 Å². The number of rotatable bonds is 2. The molecule has 1 heterocycles. The van der Waals surface area contributed by atoms with Crippen LogP contribution in [0.1, 0.15) is 71.4 Å². The number of carbonyl (C=O) groups excluding carboxylic acids is 2. The van der Waals surface area contributed by atoms with Crippen LogP contribution in [0.2, 0.25) is 0 Å². The minimum absolute atomic E-state index is 0.238. The third-order valence-corrected chi connectivity index (χ3v) is 5.55. The normalized spacial score (nSPS) is 13.3. The Hall–Kier alpha value is -4.02. The van der Waals surface area contributed by atoms with Crippen LogP contribution in [0, 0.1) is 0 Å². The number of anilines is 2. The molecule has 0 aromatic heterocycles. The molecule has 2 N–H and O–H groups in total. The number of nitrogens with zero attached hydrogens (tertiary/aromatic N) is 2. The highest BCUT2D eigenvalue weighted by Gasteiger charge is 2.15. The highest BCUT2D eigenvalue weighted by molar-refractivity contribution is 6.09. The Balaban J connectivity index is 1.90. The Labute approximate surface area is 193 Å². The lowest BCUT2D eigenvalue weighted by molar-refractivity contribution is 0.102. The summed E-state index contributed by atoms with van der Waals surface area (Å²) in [6.45, 7) is 8.35. The van der Waals surface area contributed by atoms with Crippen molar-refractivity contribution < 1.29 is 9.59 Å². The minimum atomic E-state index is -0.304. The van der Waals surface area contributed by atoms with Crippen molar-refractivity contribution in [3.05, 3.63) is 82.9 Å². The lowest BCUT2D eigenvalue weighted by atomic mass is 10.0. The Kier molecular flexibility index (Phi) is 6.20. The second-order valence-corrected chi connectivity index (χ2v) is 8.67. The van der Waals surface area contributed by atoms with E-state index in [1.807, 2.05) is 36.4 Å². The molecule has 0 aliphatic carbocycles. The number of nitrogens with one attached hydrogen (secondary N) is 2. The van der Waals surface area contributed by atoms with Crippen molar-refractivity contribution in [3.63, 3.8) is 0 Å². The Morgan fingerprint density at radius 1 is 0.667 bits per heavy atom. The Bertz CT molecular complexity index is 1210. The van der Waals surface area contributed by atoms with Gasteiger partial charge < -0.3 is 10.6 Å². The summed E-state index contributed by atoms with van der Waals surface area (Å²) in [5.74, 6) is -0.132. The summed E-state index contributed by atoms with van der Waals surface area (Å²) in [6.07, 6.45) is 0. The second kappa shape index (κ2) is 9.23. The van der Waals surface area contributed by atoms with Gasteiger partial charge in [-0.3, -0.25) is 9.59 Å². The van der Waals surface area contributed by atoms with Crippen molar-refractivity contribution in [3.8, 4) is 0 Å². The first-order chi connectivity index (χ1) is 15.8. The van der Waals surface area contributed by atoms with Gasteiger partial charge in [0.25, 0.3) is 11.8 Å². The number of hydrogen-bond donors (Lipinski definition) is 2. The molecule has 1 aliphatic heterocycles. The van der Waals surface area contributed by atoms with Crippen LogP contribution >= 0.6 is 0 Å². The number of benzene rings is 3. The number of carbonyl (C=O) groups is 2. The Morgan fingerprint density at radius 3 is 1.55 bits per heavy atom. The van der Waals surface area contributed by atoms with E-state index in [0.717, 1.165) is 11.1 Å². The van der Waals surface area contributed by atoms with Crippen molar-refractivity contribution >= 4 is 40.6 Å². The Morgan fingerprint density at radius 2 is 1.12 bits per heavy atom. The largest absolute Gasteiger partial charge is 0.322 e. The van der Waals surface area contributed by atoms with Gasteiger partial charge in [0, 0.05) is 22.5 Å². The second-order valence-electron chi connectivity index (χ2n) is 8.67. The monoisotopic (exact) mass is 438 g/mol. The van der Waals surface area contributed by atoms with Gasteiger partial charge in [0.05, 0.1) is 11.4 Å². The maximum Gasteiger partial charge on any atom is 0.255 e. The summed E-state index contributed by atoms with van der Waals surface area (Å²) >= 11 is 0. The van der Waals surface area contributed by atoms with E-state index in [4.69, 9.17) is 0 Å². The fourth-order valence-electron chi connectivity index (χ4n) is 3.75. The zero-order valence-electron chi connectivity index (χ0n) is 19.1. The lowest BCUT2D eigenvalue weighted by Gasteiger charge is -2.13. The smallest absolute Gasteiger partial charge is 0.255 e. The van der Waals surface area contributed by atoms with E-state index in [1.165, 1.54) is 0 Å². The van der Waals surface area contributed by atoms with E-state index >= 15 is 0 Å². The molecular formula is C27H26N4O2. The number of hydrogen-bond acceptors (Lipinski definition) is 4. The topological polar surface area (TPSA) is 82.9 Å². The van der Waals surface area contributed by atoms with Gasteiger partial charge in [-0.2, -0.15) is 9.98 Å². The van der Waals surface area contributed by atoms with Gasteiger partial charge >= 0.3 is 0 Å². The van der Waals surface area contributed by atoms with Gasteiger partial charge in [-0.05, 0) is 65.4 Å². The summed E-state index contributed by atoms with van der Waals surface area (Å²) in [5, 5.41) is 5.79. The van der Waals surface area contributed by atoms with E-state index in [1.54, 1.807) is 24.3 Å². The molecule has 2 amide bonds. The zero-order chi connectivity index (χ0) is 23.5. The van der Waals surface area contributed by atoms with Gasteiger partial charge in [0.1, 0.15) is 6.01 Å². The fourth-order valence-corrected chi connectivity index (χ4v) is 3.75. The van der Waals surface area contributed by atoms with Crippen LogP contribution in [0.3, 0.4) is 0 Å². The molecule has 0 atom stereocenters. The third kappa shape index (κ3) is 4.92. The zero-order valence-corrected chi connectivity index (χ0v) is 19.1. The van der Waals surface area contributed by atoms with Gasteiger partial charge in [0.15, 0.2) is 0 Å². The van der Waals surface area contributed by atoms with Crippen LogP contribution < -0.4 is 10.6 Å². The summed E-state index contributed by atoms with van der Waals surface area (Å²) in [6, 6.07) is 20.7. The van der Waals surface area contributed by atoms with Crippen LogP contribution in [0.4, 0.5) is 22.7 Å². The van der Waals surface area contributed by atoms with Crippen LogP contribution in [-0.4, -0.2) is 17.8 Å². The molecular weight excluding hydrogens is 412 g/mol. The standard InChI is InChI=1S/C27H26N4O2/c1-16(2)22-10-8-20-13-24(22)28-15-29-25-14-21(9-11-23(25)17(3)4)31-27(33)19-7-5-6-18(12-19)26(32)30-20/h5-14,16-17H,1-4H3,(H,30,32)(H,31,33). The molecule has 3 aromatic carbocycles. The molecule has 166 valence electrons. The summed E-state index contributed by atoms with van der Waals surface area (Å²) in [4.78, 5) is 34.7. The van der Waals surface area contributed by atoms with Crippen molar-refractivity contribution in [1.82, 2.24) is 0 Å². The van der Waals surface area contributed by atoms with Crippen molar-refractivity contribution in [2.45, 2.75) is 39.5 Å². The van der Waals surface area contributed by atoms with Gasteiger partial charge in [0.2, 0.25) is 0 Å². The third-order valence-electron chi connectivity index (χ3n) is 5.55. The summed E-state index contributed by atoms with van der Waals surface area (Å²) in [7, 11) is 0. The molecule has 0 unspecified atom stereocenters. The van der Waals surface area contributed by atoms with Crippen LogP contribution in [0.5, 0.6) is 0 Å². The molecule has 33 heavy (non-hydrogen) atoms. The van der Waals surface area contributed by atoms with Crippen LogP contribution in [0.15, 0.2) is 70.6 Å². The quantitative estimate of drug-likeness (QED) is 0.457. The number of amides is 2. The molecule has 0 fully saturated rings. The summed E-state index contributed by atoms with van der Waals surface area (Å²) in [5.41, 5.74) is 5.46. The maximum atomic E-state index is 12.8. The van der Waals surface area contributed by atoms with E-state index in [9.17, 15) is 9.59 Å². The first-order valence-electron chi connectivity index (χ1n) is 11.0. The molecule has 0 saturated carbocycles. The van der Waals surface area contributed by atoms with Crippen LogP contribution in [-0.2, 0) is 0 Å². The predicted octanol–water partition coefficient (Wildman–Crippen LogP) is 6.89. The molecule has 0 spiro atoms. The molecule has 4 rings (SSSR count). The molecule has 0 saturated heterocycles. The molecule has 1 aliphatic rings. The first-order valence-corrected chi connectivity index (χ1v) is 11.0.